The molecule has 0 atom stereocenters. The quantitative estimate of drug-likeness (QED) is 0.575. The zero-order valence-electron chi connectivity index (χ0n) is 9.68. The van der Waals surface area contributed by atoms with Gasteiger partial charge in [0.05, 0.1) is 0 Å². The average molecular weight is 233 g/mol. The van der Waals surface area contributed by atoms with Gasteiger partial charge < -0.3 is 15.1 Å². The van der Waals surface area contributed by atoms with E-state index in [1.54, 1.807) is 4.90 Å². The molecule has 2 N–H and O–H groups in total. The maximum absolute atomic E-state index is 12.1. The number of phenols is 2. The Morgan fingerprint density at radius 1 is 1.29 bits per heavy atom. The Labute approximate surface area is 99.8 Å². The van der Waals surface area contributed by atoms with Crippen LogP contribution < -0.4 is 0 Å². The molecule has 1 amide bonds. The Kier molecular flexibility index (Phi) is 3.04. The molecular formula is C13H15NO3. The molecule has 1 aliphatic rings. The Hall–Kier alpha value is -1.97. The summed E-state index contributed by atoms with van der Waals surface area (Å²) >= 11 is 0. The topological polar surface area (TPSA) is 60.8 Å². The van der Waals surface area contributed by atoms with Crippen LogP contribution >= 0.6 is 0 Å². The third kappa shape index (κ3) is 2.41. The fourth-order valence-corrected chi connectivity index (χ4v) is 1.79. The minimum atomic E-state index is -0.264. The first-order valence-corrected chi connectivity index (χ1v) is 5.55. The Morgan fingerprint density at radius 3 is 2.65 bits per heavy atom. The zero-order chi connectivity index (χ0) is 12.4. The highest BCUT2D eigenvalue weighted by Gasteiger charge is 2.18. The van der Waals surface area contributed by atoms with E-state index in [1.807, 2.05) is 13.0 Å². The summed E-state index contributed by atoms with van der Waals surface area (Å²) in [4.78, 5) is 13.8. The van der Waals surface area contributed by atoms with E-state index in [-0.39, 0.29) is 17.4 Å². The van der Waals surface area contributed by atoms with E-state index in [9.17, 15) is 15.0 Å². The van der Waals surface area contributed by atoms with Crippen LogP contribution in [-0.4, -0.2) is 34.1 Å². The van der Waals surface area contributed by atoms with Crippen molar-refractivity contribution in [1.82, 2.24) is 4.90 Å². The Bertz CT molecular complexity index is 480. The predicted molar refractivity (Wildman–Crippen MR) is 64.0 cm³/mol. The molecule has 0 saturated heterocycles. The molecule has 1 aromatic rings. The number of hydrogen-bond acceptors (Lipinski definition) is 3. The van der Waals surface area contributed by atoms with E-state index in [4.69, 9.17) is 0 Å². The van der Waals surface area contributed by atoms with Crippen LogP contribution in [0.5, 0.6) is 11.5 Å². The van der Waals surface area contributed by atoms with Gasteiger partial charge in [-0.3, -0.25) is 4.79 Å². The molecule has 0 bridgehead atoms. The van der Waals surface area contributed by atoms with E-state index < -0.39 is 0 Å². The highest BCUT2D eigenvalue weighted by Crippen LogP contribution is 2.25. The van der Waals surface area contributed by atoms with Crippen LogP contribution in [0.1, 0.15) is 23.7 Å². The van der Waals surface area contributed by atoms with Gasteiger partial charge in [0.15, 0.2) is 11.5 Å². The minimum Gasteiger partial charge on any atom is -0.504 e. The van der Waals surface area contributed by atoms with Crippen molar-refractivity contribution in [3.63, 3.8) is 0 Å². The van der Waals surface area contributed by atoms with E-state index in [0.717, 1.165) is 6.42 Å². The maximum Gasteiger partial charge on any atom is 0.254 e. The van der Waals surface area contributed by atoms with E-state index in [1.165, 1.54) is 23.8 Å². The van der Waals surface area contributed by atoms with Crippen LogP contribution in [0.3, 0.4) is 0 Å². The molecule has 0 radical (unpaired) electrons. The fraction of sp³-hybridized carbons (Fsp3) is 0.308. The maximum atomic E-state index is 12.1. The van der Waals surface area contributed by atoms with Gasteiger partial charge in [-0.15, -0.1) is 0 Å². The molecule has 17 heavy (non-hydrogen) atoms. The molecule has 0 aromatic heterocycles. The second kappa shape index (κ2) is 4.49. The van der Waals surface area contributed by atoms with Crippen molar-refractivity contribution >= 4 is 5.91 Å². The molecule has 1 heterocycles. The average Bonchev–Trinajstić information content (AvgIpc) is 2.33. The van der Waals surface area contributed by atoms with Crippen molar-refractivity contribution in [1.29, 1.82) is 0 Å². The van der Waals surface area contributed by atoms with Crippen LogP contribution in [-0.2, 0) is 0 Å². The molecule has 1 aliphatic heterocycles. The minimum absolute atomic E-state index is 0.121. The van der Waals surface area contributed by atoms with Gasteiger partial charge in [0.1, 0.15) is 0 Å². The van der Waals surface area contributed by atoms with Gasteiger partial charge in [0.2, 0.25) is 0 Å². The van der Waals surface area contributed by atoms with Crippen molar-refractivity contribution in [3.8, 4) is 11.5 Å². The number of rotatable bonds is 1. The second-order valence-electron chi connectivity index (χ2n) is 4.26. The van der Waals surface area contributed by atoms with Crippen molar-refractivity contribution in [2.45, 2.75) is 13.3 Å². The summed E-state index contributed by atoms with van der Waals surface area (Å²) in [5.41, 5.74) is 1.69. The summed E-state index contributed by atoms with van der Waals surface area (Å²) in [6, 6.07) is 4.14. The highest BCUT2D eigenvalue weighted by atomic mass is 16.3. The number of carbonyl (C=O) groups excluding carboxylic acids is 1. The molecule has 90 valence electrons. The largest absolute Gasteiger partial charge is 0.504 e. The highest BCUT2D eigenvalue weighted by molar-refractivity contribution is 5.95. The number of aromatic hydroxyl groups is 2. The summed E-state index contributed by atoms with van der Waals surface area (Å²) in [5, 5.41) is 18.5. The molecule has 4 nitrogen and oxygen atoms in total. The summed E-state index contributed by atoms with van der Waals surface area (Å²) in [5.74, 6) is -0.598. The normalized spacial score (nSPS) is 15.6. The number of carbonyl (C=O) groups is 1. The molecule has 0 unspecified atom stereocenters. The van der Waals surface area contributed by atoms with Crippen molar-refractivity contribution in [2.24, 2.45) is 0 Å². The molecule has 1 aromatic carbocycles. The number of nitrogens with zero attached hydrogens (tertiary/aromatic N) is 1. The van der Waals surface area contributed by atoms with Crippen LogP contribution in [0, 0.1) is 0 Å². The lowest BCUT2D eigenvalue weighted by Gasteiger charge is -2.25. The number of benzene rings is 1. The molecule has 4 heteroatoms. The lowest BCUT2D eigenvalue weighted by Crippen LogP contribution is -2.34. The van der Waals surface area contributed by atoms with Gasteiger partial charge in [-0.2, -0.15) is 0 Å². The molecule has 0 aliphatic carbocycles. The standard InChI is InChI=1S/C13H15NO3/c1-9-4-6-14(7-5-9)13(17)10-2-3-11(15)12(16)8-10/h2-4,8,15-16H,5-7H2,1H3. The molecular weight excluding hydrogens is 218 g/mol. The Balaban J connectivity index is 2.17. The smallest absolute Gasteiger partial charge is 0.254 e. The summed E-state index contributed by atoms with van der Waals surface area (Å²) in [6.07, 6.45) is 2.91. The van der Waals surface area contributed by atoms with Crippen molar-refractivity contribution in [2.75, 3.05) is 13.1 Å². The second-order valence-corrected chi connectivity index (χ2v) is 4.26. The van der Waals surface area contributed by atoms with Gasteiger partial charge in [-0.05, 0) is 31.5 Å². The van der Waals surface area contributed by atoms with Crippen LogP contribution in [0.2, 0.25) is 0 Å². The van der Waals surface area contributed by atoms with Gasteiger partial charge in [-0.1, -0.05) is 11.6 Å². The van der Waals surface area contributed by atoms with Gasteiger partial charge in [-0.25, -0.2) is 0 Å². The summed E-state index contributed by atoms with van der Waals surface area (Å²) < 4.78 is 0. The molecule has 0 saturated carbocycles. The molecule has 2 rings (SSSR count). The first kappa shape index (κ1) is 11.5. The van der Waals surface area contributed by atoms with Gasteiger partial charge in [0, 0.05) is 18.7 Å². The first-order chi connectivity index (χ1) is 8.08. The predicted octanol–water partition coefficient (Wildman–Crippen LogP) is 1.89. The fourth-order valence-electron chi connectivity index (χ4n) is 1.79. The zero-order valence-corrected chi connectivity index (χ0v) is 9.68. The van der Waals surface area contributed by atoms with Gasteiger partial charge >= 0.3 is 0 Å². The third-order valence-electron chi connectivity index (χ3n) is 2.95. The van der Waals surface area contributed by atoms with E-state index in [0.29, 0.717) is 18.7 Å². The van der Waals surface area contributed by atoms with Crippen LogP contribution in [0.15, 0.2) is 29.8 Å². The van der Waals surface area contributed by atoms with Gasteiger partial charge in [0.25, 0.3) is 5.91 Å². The van der Waals surface area contributed by atoms with Crippen molar-refractivity contribution < 1.29 is 15.0 Å². The summed E-state index contributed by atoms with van der Waals surface area (Å²) in [6.45, 7) is 3.35. The third-order valence-corrected chi connectivity index (χ3v) is 2.95. The number of phenolic OH excluding ortho intramolecular Hbond substituents is 2. The number of amides is 1. The van der Waals surface area contributed by atoms with Crippen molar-refractivity contribution in [3.05, 3.63) is 35.4 Å². The number of hydrogen-bond donors (Lipinski definition) is 2. The van der Waals surface area contributed by atoms with E-state index >= 15 is 0 Å². The summed E-state index contributed by atoms with van der Waals surface area (Å²) in [7, 11) is 0. The Morgan fingerprint density at radius 2 is 2.06 bits per heavy atom. The van der Waals surface area contributed by atoms with Crippen LogP contribution in [0.4, 0.5) is 0 Å². The SMILES string of the molecule is CC1=CCN(C(=O)c2ccc(O)c(O)c2)CC1. The van der Waals surface area contributed by atoms with E-state index in [2.05, 4.69) is 0 Å². The molecule has 0 fully saturated rings. The molecule has 0 spiro atoms. The lowest BCUT2D eigenvalue weighted by molar-refractivity contribution is 0.0768. The lowest BCUT2D eigenvalue weighted by atomic mass is 10.1. The van der Waals surface area contributed by atoms with Crippen LogP contribution in [0.25, 0.3) is 0 Å². The monoisotopic (exact) mass is 233 g/mol. The first-order valence-electron chi connectivity index (χ1n) is 5.55.